The van der Waals surface area contributed by atoms with E-state index in [1.807, 2.05) is 0 Å². The Balaban J connectivity index is -0.000000313. The number of rotatable bonds is 7. The largest absolute Gasteiger partial charge is 2.00 e. The third-order valence-corrected chi connectivity index (χ3v) is 1.21. The average Bonchev–Trinajstić information content (AvgIpc) is 2.23. The van der Waals surface area contributed by atoms with Gasteiger partial charge in [-0.2, -0.15) is 0 Å². The molecule has 0 heterocycles. The molecule has 0 amide bonds. The van der Waals surface area contributed by atoms with Gasteiger partial charge in [0.05, 0.1) is 13.1 Å². The molecule has 0 aromatic heterocycles. The van der Waals surface area contributed by atoms with Crippen molar-refractivity contribution >= 4 is 23.9 Å². The summed E-state index contributed by atoms with van der Waals surface area (Å²) < 4.78 is 0. The van der Waals surface area contributed by atoms with E-state index in [2.05, 4.69) is 10.6 Å². The molecule has 11 heteroatoms. The summed E-state index contributed by atoms with van der Waals surface area (Å²) in [5, 5.41) is 36.4. The SMILES string of the molecule is O=C(O)C(=O)O.O=C(O)CNCCNCC(=O)O.[Pt+2]. The van der Waals surface area contributed by atoms with Gasteiger partial charge in [0.1, 0.15) is 0 Å². The molecule has 0 rings (SSSR count). The number of nitrogens with one attached hydrogen (secondary N) is 2. The normalized spacial score (nSPS) is 8.42. The molecule has 0 aliphatic heterocycles. The predicted octanol–water partition coefficient (Wildman–Crippen LogP) is -2.51. The molecular weight excluding hydrogens is 447 g/mol. The molecule has 0 radical (unpaired) electrons. The molecule has 0 aromatic carbocycles. The zero-order valence-corrected chi connectivity index (χ0v) is 11.8. The van der Waals surface area contributed by atoms with Crippen molar-refractivity contribution in [2.24, 2.45) is 0 Å². The van der Waals surface area contributed by atoms with Crippen molar-refractivity contribution in [2.45, 2.75) is 0 Å². The van der Waals surface area contributed by atoms with Crippen LogP contribution in [0.15, 0.2) is 0 Å². The van der Waals surface area contributed by atoms with Gasteiger partial charge in [0, 0.05) is 13.1 Å². The van der Waals surface area contributed by atoms with E-state index < -0.39 is 23.9 Å². The third kappa shape index (κ3) is 26.2. The summed E-state index contributed by atoms with van der Waals surface area (Å²) in [6.45, 7) is 0.683. The summed E-state index contributed by atoms with van der Waals surface area (Å²) in [6, 6.07) is 0. The van der Waals surface area contributed by atoms with Crippen LogP contribution in [0.4, 0.5) is 0 Å². The van der Waals surface area contributed by atoms with Gasteiger partial charge in [-0.15, -0.1) is 0 Å². The van der Waals surface area contributed by atoms with Crippen LogP contribution >= 0.6 is 0 Å². The topological polar surface area (TPSA) is 173 Å². The first-order valence-corrected chi connectivity index (χ1v) is 4.58. The maximum absolute atomic E-state index is 9.96. The van der Waals surface area contributed by atoms with Gasteiger partial charge in [-0.1, -0.05) is 0 Å². The van der Waals surface area contributed by atoms with Crippen LogP contribution in [0.1, 0.15) is 0 Å². The Hall–Kier alpha value is -1.51. The fourth-order valence-corrected chi connectivity index (χ4v) is 0.567. The number of hydrogen-bond acceptors (Lipinski definition) is 6. The molecule has 0 saturated heterocycles. The maximum atomic E-state index is 9.96. The second-order valence-electron chi connectivity index (χ2n) is 2.75. The summed E-state index contributed by atoms with van der Waals surface area (Å²) in [7, 11) is 0. The molecule has 0 spiro atoms. The van der Waals surface area contributed by atoms with Gasteiger partial charge in [-0.05, 0) is 0 Å². The van der Waals surface area contributed by atoms with Crippen molar-refractivity contribution in [2.75, 3.05) is 26.2 Å². The van der Waals surface area contributed by atoms with Crippen LogP contribution in [-0.4, -0.2) is 70.5 Å². The Morgan fingerprint density at radius 1 is 0.684 bits per heavy atom. The molecule has 0 aliphatic carbocycles. The molecule has 10 nitrogen and oxygen atoms in total. The molecular formula is C8H14N2O8Pt+2. The molecule has 112 valence electrons. The van der Waals surface area contributed by atoms with E-state index in [0.717, 1.165) is 0 Å². The smallest absolute Gasteiger partial charge is 0.480 e. The summed E-state index contributed by atoms with van der Waals surface area (Å²) in [6.07, 6.45) is 0. The van der Waals surface area contributed by atoms with Crippen molar-refractivity contribution < 1.29 is 60.7 Å². The van der Waals surface area contributed by atoms with Gasteiger partial charge in [0.25, 0.3) is 0 Å². The van der Waals surface area contributed by atoms with E-state index in [1.165, 1.54) is 0 Å². The van der Waals surface area contributed by atoms with Crippen LogP contribution in [0, 0.1) is 0 Å². The second-order valence-corrected chi connectivity index (χ2v) is 2.75. The molecule has 0 saturated carbocycles. The molecule has 0 fully saturated rings. The molecule has 0 aliphatic rings. The van der Waals surface area contributed by atoms with Crippen LogP contribution in [0.25, 0.3) is 0 Å². The number of carbonyl (C=O) groups is 4. The van der Waals surface area contributed by atoms with Crippen molar-refractivity contribution in [1.29, 1.82) is 0 Å². The van der Waals surface area contributed by atoms with Crippen LogP contribution in [0.3, 0.4) is 0 Å². The first-order chi connectivity index (χ1) is 8.27. The van der Waals surface area contributed by atoms with E-state index in [-0.39, 0.29) is 34.2 Å². The number of carboxylic acids is 4. The Kier molecular flexibility index (Phi) is 17.3. The standard InChI is InChI=1S/C6H12N2O4.C2H2O4.Pt/c9-5(10)3-7-1-2-8-4-6(11)12;3-1(4)2(5)6;/h7-8H,1-4H2,(H,9,10)(H,11,12);(H,3,4)(H,5,6);/q;;+2. The molecule has 0 aromatic rings. The average molecular weight is 461 g/mol. The number of aliphatic carboxylic acids is 4. The predicted molar refractivity (Wildman–Crippen MR) is 56.3 cm³/mol. The quantitative estimate of drug-likeness (QED) is 0.176. The van der Waals surface area contributed by atoms with Crippen molar-refractivity contribution in [3.63, 3.8) is 0 Å². The first-order valence-electron chi connectivity index (χ1n) is 4.58. The molecule has 6 N–H and O–H groups in total. The van der Waals surface area contributed by atoms with Crippen LogP contribution in [0.5, 0.6) is 0 Å². The molecule has 0 bridgehead atoms. The number of hydrogen-bond donors (Lipinski definition) is 6. The zero-order chi connectivity index (χ0) is 14.6. The first kappa shape index (κ1) is 22.6. The fourth-order valence-electron chi connectivity index (χ4n) is 0.567. The minimum atomic E-state index is -1.82. The monoisotopic (exact) mass is 461 g/mol. The third-order valence-electron chi connectivity index (χ3n) is 1.21. The minimum absolute atomic E-state index is 0. The molecule has 0 unspecified atom stereocenters. The molecule has 19 heavy (non-hydrogen) atoms. The van der Waals surface area contributed by atoms with Gasteiger partial charge in [-0.25, -0.2) is 9.59 Å². The van der Waals surface area contributed by atoms with Gasteiger partial charge >= 0.3 is 44.9 Å². The van der Waals surface area contributed by atoms with Crippen LogP contribution in [0.2, 0.25) is 0 Å². The van der Waals surface area contributed by atoms with Crippen LogP contribution in [-0.2, 0) is 40.2 Å². The van der Waals surface area contributed by atoms with Crippen molar-refractivity contribution in [1.82, 2.24) is 10.6 Å². The molecule has 0 atom stereocenters. The summed E-state index contributed by atoms with van der Waals surface area (Å²) >= 11 is 0. The Morgan fingerprint density at radius 3 is 1.11 bits per heavy atom. The van der Waals surface area contributed by atoms with Gasteiger partial charge in [0.15, 0.2) is 0 Å². The Morgan fingerprint density at radius 2 is 0.947 bits per heavy atom. The van der Waals surface area contributed by atoms with Gasteiger partial charge in [0.2, 0.25) is 0 Å². The Bertz CT molecular complexity index is 279. The van der Waals surface area contributed by atoms with Crippen LogP contribution < -0.4 is 10.6 Å². The van der Waals surface area contributed by atoms with Crippen molar-refractivity contribution in [3.8, 4) is 0 Å². The van der Waals surface area contributed by atoms with Gasteiger partial charge in [-0.3, -0.25) is 9.59 Å². The van der Waals surface area contributed by atoms with Crippen molar-refractivity contribution in [3.05, 3.63) is 0 Å². The van der Waals surface area contributed by atoms with E-state index in [0.29, 0.717) is 13.1 Å². The second kappa shape index (κ2) is 14.5. The Labute approximate surface area is 122 Å². The van der Waals surface area contributed by atoms with E-state index in [4.69, 9.17) is 30.0 Å². The summed E-state index contributed by atoms with van der Waals surface area (Å²) in [5.74, 6) is -5.49. The van der Waals surface area contributed by atoms with E-state index in [1.54, 1.807) is 0 Å². The summed E-state index contributed by atoms with van der Waals surface area (Å²) in [4.78, 5) is 38.1. The maximum Gasteiger partial charge on any atom is 2.00 e. The van der Waals surface area contributed by atoms with E-state index in [9.17, 15) is 9.59 Å². The number of carboxylic acid groups (broad SMARTS) is 4. The van der Waals surface area contributed by atoms with E-state index >= 15 is 0 Å². The summed E-state index contributed by atoms with van der Waals surface area (Å²) in [5.41, 5.74) is 0. The van der Waals surface area contributed by atoms with Gasteiger partial charge < -0.3 is 31.1 Å². The minimum Gasteiger partial charge on any atom is -0.480 e. The zero-order valence-electron chi connectivity index (χ0n) is 9.57. The fraction of sp³-hybridized carbons (Fsp3) is 0.500.